The quantitative estimate of drug-likeness (QED) is 0.821. The van der Waals surface area contributed by atoms with Crippen LogP contribution in [-0.2, 0) is 10.1 Å². The lowest BCUT2D eigenvalue weighted by Crippen LogP contribution is -2.05. The van der Waals surface area contributed by atoms with E-state index in [1.807, 2.05) is 12.1 Å². The summed E-state index contributed by atoms with van der Waals surface area (Å²) in [4.78, 5) is 2.04. The van der Waals surface area contributed by atoms with Crippen LogP contribution in [0.4, 0.5) is 0 Å². The van der Waals surface area contributed by atoms with E-state index in [2.05, 4.69) is 6.58 Å². The first kappa shape index (κ1) is 16.5. The molecule has 1 N–H and O–H groups in total. The van der Waals surface area contributed by atoms with Crippen molar-refractivity contribution in [3.63, 3.8) is 0 Å². The molecule has 1 heterocycles. The summed E-state index contributed by atoms with van der Waals surface area (Å²) in [6.45, 7) is 3.77. The fourth-order valence-corrected chi connectivity index (χ4v) is 3.35. The Kier molecular flexibility index (Phi) is 5.18. The van der Waals surface area contributed by atoms with Crippen LogP contribution < -0.4 is 4.18 Å². The van der Waals surface area contributed by atoms with Crippen molar-refractivity contribution in [2.45, 2.75) is 0 Å². The van der Waals surface area contributed by atoms with Crippen molar-refractivity contribution in [1.82, 2.24) is 0 Å². The predicted molar refractivity (Wildman–Crippen MR) is 91.4 cm³/mol. The Hall–Kier alpha value is -1.89. The van der Waals surface area contributed by atoms with Crippen LogP contribution in [0.5, 0.6) is 5.75 Å². The molecule has 6 heteroatoms. The second-order valence-corrected chi connectivity index (χ2v) is 7.19. The minimum absolute atomic E-state index is 0.0146. The van der Waals surface area contributed by atoms with Gasteiger partial charge in [-0.2, -0.15) is 8.42 Å². The van der Waals surface area contributed by atoms with Crippen LogP contribution in [0.2, 0.25) is 0 Å². The van der Waals surface area contributed by atoms with Gasteiger partial charge >= 0.3 is 10.1 Å². The van der Waals surface area contributed by atoms with Crippen molar-refractivity contribution in [1.29, 1.82) is 0 Å². The summed E-state index contributed by atoms with van der Waals surface area (Å²) in [5.74, 6) is 0.284. The van der Waals surface area contributed by atoms with Gasteiger partial charge in [0.25, 0.3) is 0 Å². The molecular formula is C16H16O4S2. The van der Waals surface area contributed by atoms with E-state index in [0.717, 1.165) is 27.1 Å². The maximum Gasteiger partial charge on any atom is 0.306 e. The Morgan fingerprint density at radius 3 is 2.55 bits per heavy atom. The molecule has 0 unspecified atom stereocenters. The zero-order valence-electron chi connectivity index (χ0n) is 12.0. The molecule has 0 amide bonds. The molecule has 2 aromatic rings. The van der Waals surface area contributed by atoms with E-state index in [0.29, 0.717) is 0 Å². The van der Waals surface area contributed by atoms with Gasteiger partial charge in [0, 0.05) is 9.75 Å². The molecule has 0 aliphatic rings. The summed E-state index contributed by atoms with van der Waals surface area (Å²) in [5, 5.41) is 8.87. The lowest BCUT2D eigenvalue weighted by atomic mass is 10.1. The first-order valence-corrected chi connectivity index (χ1v) is 9.10. The van der Waals surface area contributed by atoms with E-state index in [1.165, 1.54) is 0 Å². The lowest BCUT2D eigenvalue weighted by molar-refractivity contribution is 0.343. The van der Waals surface area contributed by atoms with Crippen LogP contribution in [0, 0.1) is 0 Å². The molecule has 4 nitrogen and oxygen atoms in total. The standard InChI is InChI=1S/C16H16O4S2/c1-3-15-13(5-4-10-17)11-16(21-15)12-6-8-14(9-7-12)20-22(2,18)19/h3-9,11,17H,1,10H2,2H3/b5-4-. The molecule has 0 fully saturated rings. The van der Waals surface area contributed by atoms with E-state index in [1.54, 1.807) is 47.8 Å². The van der Waals surface area contributed by atoms with Gasteiger partial charge < -0.3 is 9.29 Å². The number of aliphatic hydroxyl groups excluding tert-OH is 1. The normalized spacial score (nSPS) is 11.7. The second kappa shape index (κ2) is 6.91. The Labute approximate surface area is 134 Å². The van der Waals surface area contributed by atoms with Crippen LogP contribution in [0.3, 0.4) is 0 Å². The monoisotopic (exact) mass is 336 g/mol. The predicted octanol–water partition coefficient (Wildman–Crippen LogP) is 3.40. The molecule has 0 aliphatic carbocycles. The van der Waals surface area contributed by atoms with Crippen molar-refractivity contribution < 1.29 is 17.7 Å². The topological polar surface area (TPSA) is 63.6 Å². The van der Waals surface area contributed by atoms with Gasteiger partial charge in [-0.05, 0) is 41.5 Å². The number of hydrogen-bond donors (Lipinski definition) is 1. The molecular weight excluding hydrogens is 320 g/mol. The molecule has 0 saturated carbocycles. The highest BCUT2D eigenvalue weighted by Gasteiger charge is 2.08. The molecule has 0 spiro atoms. The highest BCUT2D eigenvalue weighted by atomic mass is 32.2. The van der Waals surface area contributed by atoms with E-state index >= 15 is 0 Å². The minimum Gasteiger partial charge on any atom is -0.392 e. The first-order chi connectivity index (χ1) is 10.4. The molecule has 0 radical (unpaired) electrons. The molecule has 0 saturated heterocycles. The Morgan fingerprint density at radius 1 is 1.32 bits per heavy atom. The largest absolute Gasteiger partial charge is 0.392 e. The van der Waals surface area contributed by atoms with Crippen LogP contribution in [0.25, 0.3) is 22.6 Å². The second-order valence-electron chi connectivity index (χ2n) is 4.53. The maximum atomic E-state index is 11.1. The summed E-state index contributed by atoms with van der Waals surface area (Å²) in [6.07, 6.45) is 6.29. The van der Waals surface area contributed by atoms with Gasteiger partial charge in [-0.1, -0.05) is 24.8 Å². The lowest BCUT2D eigenvalue weighted by Gasteiger charge is -2.03. The third-order valence-corrected chi connectivity index (χ3v) is 4.46. The van der Waals surface area contributed by atoms with Crippen molar-refractivity contribution in [3.8, 4) is 16.2 Å². The zero-order valence-corrected chi connectivity index (χ0v) is 13.7. The van der Waals surface area contributed by atoms with Gasteiger partial charge in [0.1, 0.15) is 5.75 Å². The number of thiophene rings is 1. The molecule has 0 aliphatic heterocycles. The molecule has 0 atom stereocenters. The fourth-order valence-electron chi connectivity index (χ4n) is 1.88. The summed E-state index contributed by atoms with van der Waals surface area (Å²) in [7, 11) is -3.51. The smallest absolute Gasteiger partial charge is 0.306 e. The van der Waals surface area contributed by atoms with Crippen molar-refractivity contribution in [2.24, 2.45) is 0 Å². The Bertz CT molecular complexity index is 784. The Morgan fingerprint density at radius 2 is 2.00 bits per heavy atom. The molecule has 116 valence electrons. The average molecular weight is 336 g/mol. The van der Waals surface area contributed by atoms with Crippen molar-refractivity contribution >= 4 is 33.6 Å². The van der Waals surface area contributed by atoms with Crippen LogP contribution >= 0.6 is 11.3 Å². The van der Waals surface area contributed by atoms with E-state index in [9.17, 15) is 8.42 Å². The van der Waals surface area contributed by atoms with Gasteiger partial charge in [0.05, 0.1) is 12.9 Å². The number of aliphatic hydroxyl groups is 1. The highest BCUT2D eigenvalue weighted by molar-refractivity contribution is 7.86. The van der Waals surface area contributed by atoms with Crippen molar-refractivity contribution in [2.75, 3.05) is 12.9 Å². The summed E-state index contributed by atoms with van der Waals surface area (Å²) >= 11 is 1.57. The molecule has 2 rings (SSSR count). The van der Waals surface area contributed by atoms with Gasteiger partial charge in [-0.3, -0.25) is 0 Å². The van der Waals surface area contributed by atoms with E-state index < -0.39 is 10.1 Å². The highest BCUT2D eigenvalue weighted by Crippen LogP contribution is 2.34. The number of hydrogen-bond acceptors (Lipinski definition) is 5. The molecule has 1 aromatic carbocycles. The van der Waals surface area contributed by atoms with Crippen LogP contribution in [-0.4, -0.2) is 26.4 Å². The molecule has 22 heavy (non-hydrogen) atoms. The fraction of sp³-hybridized carbons (Fsp3) is 0.125. The first-order valence-electron chi connectivity index (χ1n) is 6.46. The SMILES string of the molecule is C=Cc1sc(-c2ccc(OS(C)(=O)=O)cc2)cc1/C=C\CO. The molecule has 0 bridgehead atoms. The van der Waals surface area contributed by atoms with Gasteiger partial charge in [-0.15, -0.1) is 11.3 Å². The minimum atomic E-state index is -3.51. The number of benzene rings is 1. The van der Waals surface area contributed by atoms with Gasteiger partial charge in [-0.25, -0.2) is 0 Å². The number of rotatable bonds is 6. The van der Waals surface area contributed by atoms with Crippen molar-refractivity contribution in [3.05, 3.63) is 53.4 Å². The van der Waals surface area contributed by atoms with Gasteiger partial charge in [0.15, 0.2) is 0 Å². The van der Waals surface area contributed by atoms with E-state index in [-0.39, 0.29) is 12.4 Å². The molecule has 1 aromatic heterocycles. The van der Waals surface area contributed by atoms with Crippen LogP contribution in [0.15, 0.2) is 43.0 Å². The third-order valence-electron chi connectivity index (χ3n) is 2.77. The third kappa shape index (κ3) is 4.30. The van der Waals surface area contributed by atoms with Crippen LogP contribution in [0.1, 0.15) is 10.4 Å². The van der Waals surface area contributed by atoms with Gasteiger partial charge in [0.2, 0.25) is 0 Å². The summed E-state index contributed by atoms with van der Waals surface area (Å²) in [6, 6.07) is 8.84. The summed E-state index contributed by atoms with van der Waals surface area (Å²) in [5.41, 5.74) is 1.94. The summed E-state index contributed by atoms with van der Waals surface area (Å²) < 4.78 is 27.0. The maximum absolute atomic E-state index is 11.1. The average Bonchev–Trinajstić information content (AvgIpc) is 2.87. The van der Waals surface area contributed by atoms with E-state index in [4.69, 9.17) is 9.29 Å². The zero-order chi connectivity index (χ0) is 16.2. The Balaban J connectivity index is 2.30.